The number of ether oxygens (including phenoxy) is 2. The summed E-state index contributed by atoms with van der Waals surface area (Å²) in [6.45, 7) is 8.17. The van der Waals surface area contributed by atoms with Gasteiger partial charge in [-0.1, -0.05) is 49.7 Å². The molecule has 2 aromatic carbocycles. The summed E-state index contributed by atoms with van der Waals surface area (Å²) in [5.41, 5.74) is 3.79. The summed E-state index contributed by atoms with van der Waals surface area (Å²) in [4.78, 5) is 41.0. The second-order valence-electron chi connectivity index (χ2n) is 9.52. The van der Waals surface area contributed by atoms with Crippen LogP contribution in [0.4, 0.5) is 15.3 Å². The number of carbonyl (C=O) groups is 3. The summed E-state index contributed by atoms with van der Waals surface area (Å²) < 4.78 is 10.3. The second-order valence-corrected chi connectivity index (χ2v) is 9.52. The Morgan fingerprint density at radius 1 is 1.08 bits per heavy atom. The van der Waals surface area contributed by atoms with Crippen molar-refractivity contribution < 1.29 is 23.9 Å². The Morgan fingerprint density at radius 2 is 1.78 bits per heavy atom. The average molecular weight is 497 g/mol. The average Bonchev–Trinajstić information content (AvgIpc) is 2.83. The molecule has 1 heterocycles. The zero-order chi connectivity index (χ0) is 26.4. The number of hydrogen-bond acceptors (Lipinski definition) is 6. The number of carbonyl (C=O) groups excluding carboxylic acids is 3. The number of hydrogen-bond donors (Lipinski definition) is 2. The molecule has 0 aromatic heterocycles. The first-order chi connectivity index (χ1) is 17.1. The molecule has 1 aliphatic rings. The maximum atomic E-state index is 13.6. The molecular weight excluding hydrogens is 460 g/mol. The maximum absolute atomic E-state index is 13.6. The van der Waals surface area contributed by atoms with E-state index in [0.717, 1.165) is 33.8 Å². The van der Waals surface area contributed by atoms with E-state index in [1.54, 1.807) is 14.0 Å². The van der Waals surface area contributed by atoms with Gasteiger partial charge < -0.3 is 14.8 Å². The van der Waals surface area contributed by atoms with Crippen LogP contribution in [0.15, 0.2) is 42.5 Å². The van der Waals surface area contributed by atoms with Gasteiger partial charge in [-0.15, -0.1) is 0 Å². The van der Waals surface area contributed by atoms with E-state index in [1.807, 2.05) is 49.4 Å². The minimum atomic E-state index is -0.812. The minimum absolute atomic E-state index is 0.0966. The second kappa shape index (κ2) is 11.8. The smallest absolute Gasteiger partial charge is 0.331 e. The van der Waals surface area contributed by atoms with E-state index in [1.165, 1.54) is 12.0 Å². The zero-order valence-electron chi connectivity index (χ0n) is 21.8. The fourth-order valence-corrected chi connectivity index (χ4v) is 4.17. The number of esters is 1. The number of urea groups is 2. The number of nitrogens with one attached hydrogen (secondary N) is 2. The number of amides is 4. The lowest BCUT2D eigenvalue weighted by Crippen LogP contribution is -2.68. The molecule has 0 bridgehead atoms. The number of rotatable bonds is 10. The van der Waals surface area contributed by atoms with E-state index in [9.17, 15) is 14.4 Å². The van der Waals surface area contributed by atoms with Gasteiger partial charge in [0.25, 0.3) is 0 Å². The summed E-state index contributed by atoms with van der Waals surface area (Å²) in [6, 6.07) is 11.8. The summed E-state index contributed by atoms with van der Waals surface area (Å²) in [7, 11) is 2.90. The highest BCUT2D eigenvalue weighted by atomic mass is 16.5. The summed E-state index contributed by atoms with van der Waals surface area (Å²) in [6.07, 6.45) is -0.0384. The summed E-state index contributed by atoms with van der Waals surface area (Å²) >= 11 is 0. The van der Waals surface area contributed by atoms with Crippen LogP contribution in [0, 0.1) is 12.8 Å². The van der Waals surface area contributed by atoms with Gasteiger partial charge in [-0.2, -0.15) is 0 Å². The van der Waals surface area contributed by atoms with Crippen LogP contribution in [-0.2, 0) is 22.5 Å². The van der Waals surface area contributed by atoms with Crippen molar-refractivity contribution in [2.45, 2.75) is 59.4 Å². The van der Waals surface area contributed by atoms with Crippen molar-refractivity contribution in [3.05, 3.63) is 59.2 Å². The molecular formula is C27H36N4O5. The Morgan fingerprint density at radius 3 is 2.39 bits per heavy atom. The molecule has 194 valence electrons. The van der Waals surface area contributed by atoms with E-state index in [-0.39, 0.29) is 13.0 Å². The number of methoxy groups -OCH3 is 2. The van der Waals surface area contributed by atoms with Crippen LogP contribution >= 0.6 is 0 Å². The molecule has 2 atom stereocenters. The van der Waals surface area contributed by atoms with Crippen molar-refractivity contribution in [1.82, 2.24) is 15.1 Å². The fraction of sp³-hybridized carbons (Fsp3) is 0.444. The van der Waals surface area contributed by atoms with Crippen LogP contribution in [-0.4, -0.2) is 54.4 Å². The van der Waals surface area contributed by atoms with Gasteiger partial charge in [-0.25, -0.2) is 14.5 Å². The third-order valence-electron chi connectivity index (χ3n) is 6.07. The van der Waals surface area contributed by atoms with Crippen molar-refractivity contribution in [1.29, 1.82) is 0 Å². The highest BCUT2D eigenvalue weighted by Gasteiger charge is 2.41. The van der Waals surface area contributed by atoms with Crippen molar-refractivity contribution in [3.63, 3.8) is 0 Å². The Labute approximate surface area is 212 Å². The van der Waals surface area contributed by atoms with Crippen molar-refractivity contribution >= 4 is 23.7 Å². The van der Waals surface area contributed by atoms with Gasteiger partial charge in [-0.05, 0) is 43.4 Å². The van der Waals surface area contributed by atoms with Crippen LogP contribution in [0.3, 0.4) is 0 Å². The molecule has 1 unspecified atom stereocenters. The molecule has 1 aliphatic heterocycles. The van der Waals surface area contributed by atoms with Gasteiger partial charge in [0, 0.05) is 11.8 Å². The van der Waals surface area contributed by atoms with E-state index < -0.39 is 30.4 Å². The quantitative estimate of drug-likeness (QED) is 0.470. The van der Waals surface area contributed by atoms with Crippen molar-refractivity contribution in [3.8, 4) is 5.75 Å². The lowest BCUT2D eigenvalue weighted by Gasteiger charge is -2.43. The van der Waals surface area contributed by atoms with Crippen LogP contribution in [0.2, 0.25) is 0 Å². The first-order valence-corrected chi connectivity index (χ1v) is 12.1. The largest absolute Gasteiger partial charge is 0.496 e. The van der Waals surface area contributed by atoms with E-state index >= 15 is 0 Å². The molecule has 0 saturated carbocycles. The standard InChI is InChI=1S/C27H36N4O5/c1-17(2)13-21-11-12-22(15-23(21)35-5)28-25-29-26(33)31(19(4)14-24(32)36-6)27(34)30(25)16-20-9-7-18(3)8-10-20/h7-12,15,17,19,25,28H,13-14,16H2,1-6H3,(H,29,33)/t19-,25?/m0/s1. The number of anilines is 1. The van der Waals surface area contributed by atoms with E-state index in [0.29, 0.717) is 11.6 Å². The number of aryl methyl sites for hydroxylation is 1. The molecule has 3 rings (SSSR count). The fourth-order valence-electron chi connectivity index (χ4n) is 4.17. The van der Waals surface area contributed by atoms with Gasteiger partial charge in [0.05, 0.1) is 33.2 Å². The van der Waals surface area contributed by atoms with Crippen LogP contribution < -0.4 is 15.4 Å². The third kappa shape index (κ3) is 6.47. The molecule has 9 heteroatoms. The number of benzene rings is 2. The third-order valence-corrected chi connectivity index (χ3v) is 6.07. The van der Waals surface area contributed by atoms with Crippen molar-refractivity contribution in [2.24, 2.45) is 5.92 Å². The monoisotopic (exact) mass is 496 g/mol. The molecule has 2 N–H and O–H groups in total. The Kier molecular flexibility index (Phi) is 8.79. The highest BCUT2D eigenvalue weighted by Crippen LogP contribution is 2.27. The Hall–Kier alpha value is -3.75. The highest BCUT2D eigenvalue weighted by molar-refractivity contribution is 5.97. The lowest BCUT2D eigenvalue weighted by atomic mass is 10.0. The first kappa shape index (κ1) is 26.8. The Balaban J connectivity index is 1.90. The first-order valence-electron chi connectivity index (χ1n) is 12.1. The molecule has 1 fully saturated rings. The van der Waals surface area contributed by atoms with Crippen LogP contribution in [0.5, 0.6) is 5.75 Å². The molecule has 1 saturated heterocycles. The normalized spacial score (nSPS) is 16.6. The molecule has 9 nitrogen and oxygen atoms in total. The summed E-state index contributed by atoms with van der Waals surface area (Å²) in [5, 5.41) is 6.14. The molecule has 0 spiro atoms. The molecule has 0 radical (unpaired) electrons. The lowest BCUT2D eigenvalue weighted by molar-refractivity contribution is -0.141. The molecule has 4 amide bonds. The number of nitrogens with zero attached hydrogens (tertiary/aromatic N) is 2. The van der Waals surface area contributed by atoms with Crippen molar-refractivity contribution in [2.75, 3.05) is 19.5 Å². The van der Waals surface area contributed by atoms with E-state index in [4.69, 9.17) is 9.47 Å². The molecule has 36 heavy (non-hydrogen) atoms. The summed E-state index contributed by atoms with van der Waals surface area (Å²) in [5.74, 6) is 0.707. The Bertz CT molecular complexity index is 1090. The topological polar surface area (TPSA) is 100 Å². The predicted octanol–water partition coefficient (Wildman–Crippen LogP) is 4.50. The minimum Gasteiger partial charge on any atom is -0.496 e. The predicted molar refractivity (Wildman–Crippen MR) is 138 cm³/mol. The van der Waals surface area contributed by atoms with E-state index in [2.05, 4.69) is 24.5 Å². The molecule has 0 aliphatic carbocycles. The van der Waals surface area contributed by atoms with Crippen LogP contribution in [0.25, 0.3) is 0 Å². The number of imide groups is 1. The van der Waals surface area contributed by atoms with Gasteiger partial charge >= 0.3 is 18.0 Å². The maximum Gasteiger partial charge on any atom is 0.331 e. The van der Waals surface area contributed by atoms with Gasteiger partial charge in [-0.3, -0.25) is 15.0 Å². The SMILES string of the molecule is COC(=O)C[C@H](C)N1C(=O)NC(Nc2ccc(CC(C)C)c(OC)c2)N(Cc2ccc(C)cc2)C1=O. The van der Waals surface area contributed by atoms with Crippen LogP contribution in [0.1, 0.15) is 43.9 Å². The van der Waals surface area contributed by atoms with Gasteiger partial charge in [0.2, 0.25) is 0 Å². The van der Waals surface area contributed by atoms with Gasteiger partial charge in [0.1, 0.15) is 5.75 Å². The van der Waals surface area contributed by atoms with Gasteiger partial charge in [0.15, 0.2) is 6.29 Å². The molecule has 2 aromatic rings. The zero-order valence-corrected chi connectivity index (χ0v) is 21.8.